The summed E-state index contributed by atoms with van der Waals surface area (Å²) in [7, 11) is 0. The minimum Gasteiger partial charge on any atom is -0.316 e. The Balaban J connectivity index is 2.26. The summed E-state index contributed by atoms with van der Waals surface area (Å²) in [6.45, 7) is 6.30. The molecule has 76 valence electrons. The molecule has 0 radical (unpaired) electrons. The van der Waals surface area contributed by atoms with Gasteiger partial charge in [0.2, 0.25) is 0 Å². The van der Waals surface area contributed by atoms with E-state index in [-0.39, 0.29) is 5.92 Å². The van der Waals surface area contributed by atoms with Crippen molar-refractivity contribution in [2.45, 2.75) is 39.5 Å². The zero-order chi connectivity index (χ0) is 9.68. The molecule has 2 atom stereocenters. The first-order valence-electron chi connectivity index (χ1n) is 5.47. The first-order valence-corrected chi connectivity index (χ1v) is 5.47. The lowest BCUT2D eigenvalue weighted by Gasteiger charge is -2.22. The SMILES string of the molecule is CCC(C)C(=O)CC1CCCNC1. The Morgan fingerprint density at radius 2 is 2.38 bits per heavy atom. The van der Waals surface area contributed by atoms with Crippen LogP contribution in [0.3, 0.4) is 0 Å². The summed E-state index contributed by atoms with van der Waals surface area (Å²) in [6, 6.07) is 0. The Morgan fingerprint density at radius 3 is 2.92 bits per heavy atom. The van der Waals surface area contributed by atoms with Crippen LogP contribution in [-0.2, 0) is 4.79 Å². The van der Waals surface area contributed by atoms with Crippen molar-refractivity contribution < 1.29 is 4.79 Å². The molecule has 1 aliphatic rings. The molecule has 0 aromatic rings. The average molecular weight is 183 g/mol. The third kappa shape index (κ3) is 3.47. The van der Waals surface area contributed by atoms with E-state index in [9.17, 15) is 4.79 Å². The number of Topliss-reactive ketones (excluding diaryl/α,β-unsaturated/α-hetero) is 1. The lowest BCUT2D eigenvalue weighted by Crippen LogP contribution is -2.31. The van der Waals surface area contributed by atoms with Crippen molar-refractivity contribution in [3.63, 3.8) is 0 Å². The lowest BCUT2D eigenvalue weighted by molar-refractivity contribution is -0.123. The molecule has 1 rings (SSSR count). The summed E-state index contributed by atoms with van der Waals surface area (Å²) in [5.74, 6) is 1.33. The van der Waals surface area contributed by atoms with Gasteiger partial charge in [0.15, 0.2) is 0 Å². The molecule has 13 heavy (non-hydrogen) atoms. The van der Waals surface area contributed by atoms with E-state index in [1.807, 2.05) is 6.92 Å². The van der Waals surface area contributed by atoms with Crippen LogP contribution < -0.4 is 5.32 Å². The van der Waals surface area contributed by atoms with Gasteiger partial charge in [-0.15, -0.1) is 0 Å². The van der Waals surface area contributed by atoms with Crippen LogP contribution in [0.15, 0.2) is 0 Å². The average Bonchev–Trinajstić information content (AvgIpc) is 2.18. The predicted octanol–water partition coefficient (Wildman–Crippen LogP) is 1.99. The summed E-state index contributed by atoms with van der Waals surface area (Å²) < 4.78 is 0. The largest absolute Gasteiger partial charge is 0.316 e. The summed E-state index contributed by atoms with van der Waals surface area (Å²) in [4.78, 5) is 11.6. The molecule has 0 saturated carbocycles. The highest BCUT2D eigenvalue weighted by Crippen LogP contribution is 2.17. The molecule has 0 aromatic carbocycles. The van der Waals surface area contributed by atoms with E-state index in [0.717, 1.165) is 25.9 Å². The van der Waals surface area contributed by atoms with Crippen molar-refractivity contribution in [2.75, 3.05) is 13.1 Å². The Kier molecular flexibility index (Phi) is 4.43. The maximum absolute atomic E-state index is 11.6. The highest BCUT2D eigenvalue weighted by atomic mass is 16.1. The van der Waals surface area contributed by atoms with Crippen LogP contribution in [0.25, 0.3) is 0 Å². The van der Waals surface area contributed by atoms with Crippen LogP contribution in [0.2, 0.25) is 0 Å². The molecule has 0 amide bonds. The smallest absolute Gasteiger partial charge is 0.136 e. The van der Waals surface area contributed by atoms with Crippen molar-refractivity contribution in [3.8, 4) is 0 Å². The standard InChI is InChI=1S/C11H21NO/c1-3-9(2)11(13)7-10-5-4-6-12-8-10/h9-10,12H,3-8H2,1-2H3. The van der Waals surface area contributed by atoms with E-state index >= 15 is 0 Å². The normalized spacial score (nSPS) is 25.5. The van der Waals surface area contributed by atoms with E-state index in [1.54, 1.807) is 0 Å². The molecule has 1 N–H and O–H groups in total. The molecule has 1 saturated heterocycles. The molecule has 0 bridgehead atoms. The van der Waals surface area contributed by atoms with Crippen LogP contribution >= 0.6 is 0 Å². The molecule has 0 aromatic heterocycles. The maximum Gasteiger partial charge on any atom is 0.136 e. The summed E-state index contributed by atoms with van der Waals surface area (Å²) in [5.41, 5.74) is 0. The molecular formula is C11H21NO. The van der Waals surface area contributed by atoms with Crippen molar-refractivity contribution in [1.82, 2.24) is 5.32 Å². The van der Waals surface area contributed by atoms with Crippen LogP contribution in [0, 0.1) is 11.8 Å². The van der Waals surface area contributed by atoms with Crippen LogP contribution in [0.1, 0.15) is 39.5 Å². The highest BCUT2D eigenvalue weighted by molar-refractivity contribution is 5.80. The van der Waals surface area contributed by atoms with Crippen molar-refractivity contribution in [2.24, 2.45) is 11.8 Å². The van der Waals surface area contributed by atoms with E-state index in [0.29, 0.717) is 11.7 Å². The second-order valence-electron chi connectivity index (χ2n) is 4.19. The molecule has 0 spiro atoms. The summed E-state index contributed by atoms with van der Waals surface area (Å²) in [5, 5.41) is 3.34. The number of hydrogen-bond donors (Lipinski definition) is 1. The third-order valence-corrected chi connectivity index (χ3v) is 3.05. The summed E-state index contributed by atoms with van der Waals surface area (Å²) >= 11 is 0. The number of carbonyl (C=O) groups excluding carboxylic acids is 1. The number of nitrogens with one attached hydrogen (secondary N) is 1. The Hall–Kier alpha value is -0.370. The first kappa shape index (κ1) is 10.7. The minimum absolute atomic E-state index is 0.266. The van der Waals surface area contributed by atoms with Crippen molar-refractivity contribution in [1.29, 1.82) is 0 Å². The van der Waals surface area contributed by atoms with Gasteiger partial charge in [-0.2, -0.15) is 0 Å². The van der Waals surface area contributed by atoms with Gasteiger partial charge in [-0.25, -0.2) is 0 Å². The number of piperidine rings is 1. The van der Waals surface area contributed by atoms with E-state index in [4.69, 9.17) is 0 Å². The molecule has 2 heteroatoms. The maximum atomic E-state index is 11.6. The number of hydrogen-bond acceptors (Lipinski definition) is 2. The highest BCUT2D eigenvalue weighted by Gasteiger charge is 2.19. The second kappa shape index (κ2) is 5.38. The van der Waals surface area contributed by atoms with Gasteiger partial charge in [0.05, 0.1) is 0 Å². The Bertz CT molecular complexity index is 161. The number of rotatable bonds is 4. The lowest BCUT2D eigenvalue weighted by atomic mass is 9.89. The van der Waals surface area contributed by atoms with Gasteiger partial charge in [0.25, 0.3) is 0 Å². The fourth-order valence-corrected chi connectivity index (χ4v) is 1.81. The van der Waals surface area contributed by atoms with E-state index in [1.165, 1.54) is 12.8 Å². The van der Waals surface area contributed by atoms with Crippen LogP contribution in [-0.4, -0.2) is 18.9 Å². The minimum atomic E-state index is 0.266. The summed E-state index contributed by atoms with van der Waals surface area (Å²) in [6.07, 6.45) is 4.24. The quantitative estimate of drug-likeness (QED) is 0.722. The van der Waals surface area contributed by atoms with Gasteiger partial charge in [-0.1, -0.05) is 13.8 Å². The van der Waals surface area contributed by atoms with Crippen molar-refractivity contribution in [3.05, 3.63) is 0 Å². The molecule has 2 unspecified atom stereocenters. The van der Waals surface area contributed by atoms with Gasteiger partial charge in [0, 0.05) is 12.3 Å². The third-order valence-electron chi connectivity index (χ3n) is 3.05. The molecule has 0 aliphatic carbocycles. The zero-order valence-corrected chi connectivity index (χ0v) is 8.81. The predicted molar refractivity (Wildman–Crippen MR) is 54.7 cm³/mol. The second-order valence-corrected chi connectivity index (χ2v) is 4.19. The molecule has 1 aliphatic heterocycles. The molecular weight excluding hydrogens is 162 g/mol. The van der Waals surface area contributed by atoms with E-state index in [2.05, 4.69) is 12.2 Å². The molecule has 1 heterocycles. The Labute approximate surface area is 81.1 Å². The topological polar surface area (TPSA) is 29.1 Å². The van der Waals surface area contributed by atoms with Crippen LogP contribution in [0.5, 0.6) is 0 Å². The fraction of sp³-hybridized carbons (Fsp3) is 0.909. The van der Waals surface area contributed by atoms with Gasteiger partial charge in [-0.05, 0) is 38.3 Å². The van der Waals surface area contributed by atoms with E-state index < -0.39 is 0 Å². The fourth-order valence-electron chi connectivity index (χ4n) is 1.81. The first-order chi connectivity index (χ1) is 6.24. The number of ketones is 1. The zero-order valence-electron chi connectivity index (χ0n) is 8.81. The van der Waals surface area contributed by atoms with Gasteiger partial charge in [0.1, 0.15) is 5.78 Å². The Morgan fingerprint density at radius 1 is 1.62 bits per heavy atom. The van der Waals surface area contributed by atoms with Gasteiger partial charge >= 0.3 is 0 Å². The molecule has 2 nitrogen and oxygen atoms in total. The molecule has 1 fully saturated rings. The van der Waals surface area contributed by atoms with Gasteiger partial charge < -0.3 is 5.32 Å². The monoisotopic (exact) mass is 183 g/mol. The van der Waals surface area contributed by atoms with Crippen LogP contribution in [0.4, 0.5) is 0 Å². The van der Waals surface area contributed by atoms with Crippen molar-refractivity contribution >= 4 is 5.78 Å². The van der Waals surface area contributed by atoms with Gasteiger partial charge in [-0.3, -0.25) is 4.79 Å². The number of carbonyl (C=O) groups is 1.